The first kappa shape index (κ1) is 11.6. The highest BCUT2D eigenvalue weighted by Crippen LogP contribution is 2.29. The minimum atomic E-state index is 0.00813. The molecule has 1 atom stereocenters. The Labute approximate surface area is 96.8 Å². The van der Waals surface area contributed by atoms with Crippen LogP contribution in [0, 0.1) is 5.92 Å². The maximum absolute atomic E-state index is 5.82. The van der Waals surface area contributed by atoms with Gasteiger partial charge in [0, 0.05) is 32.0 Å². The van der Waals surface area contributed by atoms with Crippen LogP contribution in [0.3, 0.4) is 0 Å². The number of nitrogens with zero attached hydrogens (tertiary/aromatic N) is 2. The number of hydrogen-bond donors (Lipinski definition) is 1. The Hall–Kier alpha value is -0.870. The predicted molar refractivity (Wildman–Crippen MR) is 62.9 cm³/mol. The minimum absolute atomic E-state index is 0.00813. The van der Waals surface area contributed by atoms with E-state index in [1.165, 1.54) is 25.7 Å². The van der Waals surface area contributed by atoms with Crippen molar-refractivity contribution >= 4 is 0 Å². The molecule has 4 nitrogen and oxygen atoms in total. The van der Waals surface area contributed by atoms with Crippen LogP contribution in [0.4, 0.5) is 0 Å². The summed E-state index contributed by atoms with van der Waals surface area (Å²) in [7, 11) is 1.91. The van der Waals surface area contributed by atoms with E-state index in [-0.39, 0.29) is 6.10 Å². The molecule has 0 bridgehead atoms. The summed E-state index contributed by atoms with van der Waals surface area (Å²) in [5, 5.41) is 4.14. The number of rotatable bonds is 6. The van der Waals surface area contributed by atoms with Gasteiger partial charge in [0.05, 0.1) is 12.3 Å². The second-order valence-electron chi connectivity index (χ2n) is 4.63. The molecule has 0 saturated heterocycles. The van der Waals surface area contributed by atoms with Crippen molar-refractivity contribution in [3.05, 3.63) is 18.0 Å². The van der Waals surface area contributed by atoms with Gasteiger partial charge < -0.3 is 10.5 Å². The third-order valence-electron chi connectivity index (χ3n) is 3.38. The number of nitrogens with two attached hydrogens (primary N) is 1. The summed E-state index contributed by atoms with van der Waals surface area (Å²) < 4.78 is 7.60. The molecule has 90 valence electrons. The Bertz CT molecular complexity index is 320. The smallest absolute Gasteiger partial charge is 0.0977 e. The van der Waals surface area contributed by atoms with E-state index < -0.39 is 0 Å². The lowest BCUT2D eigenvalue weighted by atomic mass is 9.83. The van der Waals surface area contributed by atoms with Crippen molar-refractivity contribution in [2.75, 3.05) is 13.2 Å². The van der Waals surface area contributed by atoms with Gasteiger partial charge in [0.1, 0.15) is 0 Å². The Kier molecular flexibility index (Phi) is 3.96. The van der Waals surface area contributed by atoms with Gasteiger partial charge in [-0.2, -0.15) is 5.10 Å². The molecule has 1 aromatic heterocycles. The zero-order valence-corrected chi connectivity index (χ0v) is 9.93. The molecule has 2 N–H and O–H groups in total. The highest BCUT2D eigenvalue weighted by Gasteiger charge is 2.18. The van der Waals surface area contributed by atoms with Crippen LogP contribution in [-0.4, -0.2) is 22.9 Å². The van der Waals surface area contributed by atoms with Gasteiger partial charge in [-0.15, -0.1) is 0 Å². The highest BCUT2D eigenvalue weighted by atomic mass is 16.5. The minimum Gasteiger partial charge on any atom is -0.372 e. The molecule has 1 fully saturated rings. The van der Waals surface area contributed by atoms with Crippen LogP contribution in [0.15, 0.2) is 12.4 Å². The Balaban J connectivity index is 1.76. The summed E-state index contributed by atoms with van der Waals surface area (Å²) in [5.41, 5.74) is 6.80. The second-order valence-corrected chi connectivity index (χ2v) is 4.63. The molecular weight excluding hydrogens is 202 g/mol. The molecule has 0 radical (unpaired) electrons. The molecule has 2 rings (SSSR count). The summed E-state index contributed by atoms with van der Waals surface area (Å²) in [5.74, 6) is 0.896. The third-order valence-corrected chi connectivity index (χ3v) is 3.38. The van der Waals surface area contributed by atoms with E-state index in [2.05, 4.69) is 5.10 Å². The van der Waals surface area contributed by atoms with Crippen LogP contribution in [0.1, 0.15) is 37.4 Å². The largest absolute Gasteiger partial charge is 0.372 e. The first-order chi connectivity index (χ1) is 7.79. The average Bonchev–Trinajstić information content (AvgIpc) is 2.62. The fourth-order valence-corrected chi connectivity index (χ4v) is 2.07. The quantitative estimate of drug-likeness (QED) is 0.797. The van der Waals surface area contributed by atoms with Crippen molar-refractivity contribution in [2.45, 2.75) is 31.8 Å². The van der Waals surface area contributed by atoms with Crippen molar-refractivity contribution in [3.8, 4) is 0 Å². The van der Waals surface area contributed by atoms with E-state index in [1.54, 1.807) is 4.68 Å². The fourth-order valence-electron chi connectivity index (χ4n) is 2.07. The molecule has 0 amide bonds. The average molecular weight is 223 g/mol. The first-order valence-electron chi connectivity index (χ1n) is 6.10. The lowest BCUT2D eigenvalue weighted by Gasteiger charge is -2.25. The SMILES string of the molecule is Cn1cc(C(CN)OCCC2CCC2)cn1. The van der Waals surface area contributed by atoms with Crippen molar-refractivity contribution in [2.24, 2.45) is 18.7 Å². The molecule has 1 aromatic rings. The normalized spacial score (nSPS) is 18.4. The number of aryl methyl sites for hydroxylation is 1. The second kappa shape index (κ2) is 5.46. The lowest BCUT2D eigenvalue weighted by molar-refractivity contribution is 0.0423. The maximum Gasteiger partial charge on any atom is 0.0977 e. The standard InChI is InChI=1S/C12H21N3O/c1-15-9-11(8-14-15)12(7-13)16-6-5-10-3-2-4-10/h8-10,12H,2-7,13H2,1H3. The Morgan fingerprint density at radius 3 is 2.94 bits per heavy atom. The molecule has 1 heterocycles. The summed E-state index contributed by atoms with van der Waals surface area (Å²) in [6.45, 7) is 1.35. The zero-order chi connectivity index (χ0) is 11.4. The van der Waals surface area contributed by atoms with Crippen molar-refractivity contribution in [1.82, 2.24) is 9.78 Å². The number of hydrogen-bond acceptors (Lipinski definition) is 3. The van der Waals surface area contributed by atoms with Gasteiger partial charge in [-0.25, -0.2) is 0 Å². The summed E-state index contributed by atoms with van der Waals surface area (Å²) in [4.78, 5) is 0. The predicted octanol–water partition coefficient (Wildman–Crippen LogP) is 1.63. The lowest BCUT2D eigenvalue weighted by Crippen LogP contribution is -2.19. The molecular formula is C12H21N3O. The van der Waals surface area contributed by atoms with E-state index in [4.69, 9.17) is 10.5 Å². The van der Waals surface area contributed by atoms with Crippen LogP contribution in [-0.2, 0) is 11.8 Å². The van der Waals surface area contributed by atoms with E-state index in [0.29, 0.717) is 6.54 Å². The molecule has 1 unspecified atom stereocenters. The first-order valence-corrected chi connectivity index (χ1v) is 6.10. The van der Waals surface area contributed by atoms with E-state index in [9.17, 15) is 0 Å². The third kappa shape index (κ3) is 2.83. The van der Waals surface area contributed by atoms with Gasteiger partial charge in [0.2, 0.25) is 0 Å². The molecule has 1 saturated carbocycles. The number of aromatic nitrogens is 2. The summed E-state index contributed by atoms with van der Waals surface area (Å²) in [6, 6.07) is 0. The van der Waals surface area contributed by atoms with Crippen LogP contribution in [0.5, 0.6) is 0 Å². The number of ether oxygens (including phenoxy) is 1. The molecule has 0 aromatic carbocycles. The van der Waals surface area contributed by atoms with Crippen LogP contribution in [0.2, 0.25) is 0 Å². The zero-order valence-electron chi connectivity index (χ0n) is 9.93. The van der Waals surface area contributed by atoms with Crippen molar-refractivity contribution < 1.29 is 4.74 Å². The van der Waals surface area contributed by atoms with Crippen LogP contribution in [0.25, 0.3) is 0 Å². The fraction of sp³-hybridized carbons (Fsp3) is 0.750. The Morgan fingerprint density at radius 1 is 1.62 bits per heavy atom. The van der Waals surface area contributed by atoms with Crippen LogP contribution >= 0.6 is 0 Å². The monoisotopic (exact) mass is 223 g/mol. The van der Waals surface area contributed by atoms with Gasteiger partial charge in [0.15, 0.2) is 0 Å². The molecule has 0 spiro atoms. The van der Waals surface area contributed by atoms with Gasteiger partial charge in [-0.1, -0.05) is 19.3 Å². The topological polar surface area (TPSA) is 53.1 Å². The Morgan fingerprint density at radius 2 is 2.44 bits per heavy atom. The van der Waals surface area contributed by atoms with E-state index in [1.807, 2.05) is 19.4 Å². The van der Waals surface area contributed by atoms with Crippen molar-refractivity contribution in [3.63, 3.8) is 0 Å². The van der Waals surface area contributed by atoms with Gasteiger partial charge in [-0.3, -0.25) is 4.68 Å². The highest BCUT2D eigenvalue weighted by molar-refractivity contribution is 5.08. The molecule has 16 heavy (non-hydrogen) atoms. The summed E-state index contributed by atoms with van der Waals surface area (Å²) in [6.07, 6.45) is 9.15. The van der Waals surface area contributed by atoms with Gasteiger partial charge in [0.25, 0.3) is 0 Å². The van der Waals surface area contributed by atoms with E-state index >= 15 is 0 Å². The molecule has 4 heteroatoms. The molecule has 0 aliphatic heterocycles. The maximum atomic E-state index is 5.82. The van der Waals surface area contributed by atoms with Crippen LogP contribution < -0.4 is 5.73 Å². The molecule has 1 aliphatic rings. The van der Waals surface area contributed by atoms with Crippen molar-refractivity contribution in [1.29, 1.82) is 0 Å². The molecule has 1 aliphatic carbocycles. The van der Waals surface area contributed by atoms with E-state index in [0.717, 1.165) is 18.1 Å². The summed E-state index contributed by atoms with van der Waals surface area (Å²) >= 11 is 0. The van der Waals surface area contributed by atoms with Gasteiger partial charge >= 0.3 is 0 Å². The van der Waals surface area contributed by atoms with Gasteiger partial charge in [-0.05, 0) is 12.3 Å².